The van der Waals surface area contributed by atoms with E-state index in [4.69, 9.17) is 0 Å². The summed E-state index contributed by atoms with van der Waals surface area (Å²) in [5.41, 5.74) is 2.78. The van der Waals surface area contributed by atoms with Crippen LogP contribution in [0.15, 0.2) is 29.6 Å². The summed E-state index contributed by atoms with van der Waals surface area (Å²) in [7, 11) is 0. The van der Waals surface area contributed by atoms with Crippen molar-refractivity contribution in [1.29, 1.82) is 0 Å². The molecule has 0 saturated heterocycles. The molecule has 2 aromatic rings. The van der Waals surface area contributed by atoms with Gasteiger partial charge < -0.3 is 5.32 Å². The van der Waals surface area contributed by atoms with Crippen molar-refractivity contribution >= 4 is 17.2 Å². The number of nitrogens with one attached hydrogen (secondary N) is 1. The minimum Gasteiger partial charge on any atom is -0.353 e. The Morgan fingerprint density at radius 3 is 2.88 bits per heavy atom. The lowest BCUT2D eigenvalue weighted by atomic mass is 9.85. The lowest BCUT2D eigenvalue weighted by Crippen LogP contribution is -2.42. The lowest BCUT2D eigenvalue weighted by molar-refractivity contribution is -0.184. The number of hydrogen-bond donors (Lipinski definition) is 1. The van der Waals surface area contributed by atoms with Crippen LogP contribution in [-0.2, 0) is 11.2 Å². The summed E-state index contributed by atoms with van der Waals surface area (Å²) < 4.78 is 38.6. The third kappa shape index (κ3) is 4.84. The zero-order chi connectivity index (χ0) is 18.7. The van der Waals surface area contributed by atoms with E-state index < -0.39 is 18.1 Å². The van der Waals surface area contributed by atoms with Gasteiger partial charge in [0.1, 0.15) is 5.01 Å². The summed E-state index contributed by atoms with van der Waals surface area (Å²) in [5.74, 6) is -1.58. The number of benzene rings is 1. The van der Waals surface area contributed by atoms with Gasteiger partial charge in [0, 0.05) is 17.0 Å². The van der Waals surface area contributed by atoms with Gasteiger partial charge in [-0.1, -0.05) is 30.2 Å². The van der Waals surface area contributed by atoms with Crippen molar-refractivity contribution in [2.75, 3.05) is 0 Å². The molecule has 1 aliphatic carbocycles. The highest BCUT2D eigenvalue weighted by Gasteiger charge is 2.42. The van der Waals surface area contributed by atoms with Crippen LogP contribution in [0.2, 0.25) is 0 Å². The molecule has 2 unspecified atom stereocenters. The molecule has 140 valence electrons. The van der Waals surface area contributed by atoms with Crippen molar-refractivity contribution in [3.63, 3.8) is 0 Å². The van der Waals surface area contributed by atoms with Gasteiger partial charge >= 0.3 is 6.18 Å². The minimum atomic E-state index is -4.18. The third-order valence-electron chi connectivity index (χ3n) is 4.66. The molecule has 3 nitrogen and oxygen atoms in total. The van der Waals surface area contributed by atoms with Crippen molar-refractivity contribution in [3.8, 4) is 10.6 Å². The van der Waals surface area contributed by atoms with Gasteiger partial charge in [-0.3, -0.25) is 4.79 Å². The van der Waals surface area contributed by atoms with E-state index in [-0.39, 0.29) is 25.2 Å². The normalized spacial score (nSPS) is 20.8. The highest BCUT2D eigenvalue weighted by atomic mass is 32.1. The topological polar surface area (TPSA) is 42.0 Å². The molecular formula is C19H21F3N2OS. The molecule has 0 spiro atoms. The van der Waals surface area contributed by atoms with Gasteiger partial charge in [-0.25, -0.2) is 4.98 Å². The summed E-state index contributed by atoms with van der Waals surface area (Å²) in [4.78, 5) is 16.7. The van der Waals surface area contributed by atoms with Crippen molar-refractivity contribution in [2.24, 2.45) is 5.92 Å². The van der Waals surface area contributed by atoms with Crippen LogP contribution in [0.1, 0.15) is 36.9 Å². The van der Waals surface area contributed by atoms with Gasteiger partial charge in [-0.2, -0.15) is 13.2 Å². The highest BCUT2D eigenvalue weighted by molar-refractivity contribution is 7.13. The number of rotatable bonds is 4. The molecule has 3 rings (SSSR count). The Bertz CT molecular complexity index is 772. The molecule has 1 heterocycles. The predicted octanol–water partition coefficient (Wildman–Crippen LogP) is 4.90. The van der Waals surface area contributed by atoms with E-state index in [0.717, 1.165) is 16.1 Å². The second kappa shape index (κ2) is 7.78. The molecule has 1 N–H and O–H groups in total. The smallest absolute Gasteiger partial charge is 0.353 e. The number of halogens is 3. The van der Waals surface area contributed by atoms with Crippen LogP contribution in [-0.4, -0.2) is 23.1 Å². The van der Waals surface area contributed by atoms with Gasteiger partial charge in [0.15, 0.2) is 0 Å². The van der Waals surface area contributed by atoms with Gasteiger partial charge in [-0.15, -0.1) is 11.3 Å². The van der Waals surface area contributed by atoms with Crippen molar-refractivity contribution in [3.05, 3.63) is 40.9 Å². The summed E-state index contributed by atoms with van der Waals surface area (Å²) in [6.07, 6.45) is -2.87. The molecule has 26 heavy (non-hydrogen) atoms. The van der Waals surface area contributed by atoms with Crippen LogP contribution in [0.4, 0.5) is 13.2 Å². The Kier molecular flexibility index (Phi) is 5.65. The summed E-state index contributed by atoms with van der Waals surface area (Å²) >= 11 is 1.46. The van der Waals surface area contributed by atoms with Crippen LogP contribution in [0.3, 0.4) is 0 Å². The molecule has 1 amide bonds. The average Bonchev–Trinajstić information content (AvgIpc) is 3.02. The zero-order valence-electron chi connectivity index (χ0n) is 14.5. The molecule has 1 saturated carbocycles. The van der Waals surface area contributed by atoms with Crippen molar-refractivity contribution in [2.45, 2.75) is 51.2 Å². The fraction of sp³-hybridized carbons (Fsp3) is 0.474. The Morgan fingerprint density at radius 1 is 1.35 bits per heavy atom. The maximum absolute atomic E-state index is 12.9. The Labute approximate surface area is 154 Å². The third-order valence-corrected chi connectivity index (χ3v) is 5.60. The number of aryl methyl sites for hydroxylation is 1. The van der Waals surface area contributed by atoms with Gasteiger partial charge in [0.25, 0.3) is 0 Å². The van der Waals surface area contributed by atoms with E-state index in [1.54, 1.807) is 0 Å². The molecule has 7 heteroatoms. The van der Waals surface area contributed by atoms with Crippen LogP contribution in [0.5, 0.6) is 0 Å². The van der Waals surface area contributed by atoms with E-state index in [1.807, 2.05) is 36.6 Å². The van der Waals surface area contributed by atoms with Crippen molar-refractivity contribution in [1.82, 2.24) is 10.3 Å². The predicted molar refractivity (Wildman–Crippen MR) is 95.9 cm³/mol. The van der Waals surface area contributed by atoms with Gasteiger partial charge in [-0.05, 0) is 32.3 Å². The zero-order valence-corrected chi connectivity index (χ0v) is 15.3. The molecule has 1 fully saturated rings. The Balaban J connectivity index is 1.57. The number of thiazole rings is 1. The fourth-order valence-corrected chi connectivity index (χ4v) is 4.18. The van der Waals surface area contributed by atoms with Crippen LogP contribution < -0.4 is 5.32 Å². The van der Waals surface area contributed by atoms with E-state index >= 15 is 0 Å². The van der Waals surface area contributed by atoms with Gasteiger partial charge in [0.05, 0.1) is 18.0 Å². The molecule has 1 aliphatic rings. The molecule has 0 radical (unpaired) electrons. The van der Waals surface area contributed by atoms with E-state index in [1.165, 1.54) is 11.3 Å². The van der Waals surface area contributed by atoms with E-state index in [9.17, 15) is 18.0 Å². The molecule has 1 aromatic carbocycles. The quantitative estimate of drug-likeness (QED) is 0.817. The number of amides is 1. The maximum Gasteiger partial charge on any atom is 0.391 e. The van der Waals surface area contributed by atoms with Crippen LogP contribution in [0.25, 0.3) is 10.6 Å². The first-order valence-corrected chi connectivity index (χ1v) is 9.57. The largest absolute Gasteiger partial charge is 0.391 e. The standard InChI is InChI=1S/C19H21F3N2OS/c1-12-4-2-5-13(8-12)18-24-16(11-26-18)10-17(25)23-15-7-3-6-14(9-15)19(20,21)22/h2,4-5,8,11,14-15H,3,6-7,9-10H2,1H3,(H,23,25). The van der Waals surface area contributed by atoms with Crippen LogP contribution >= 0.6 is 11.3 Å². The van der Waals surface area contributed by atoms with Gasteiger partial charge in [0.2, 0.25) is 5.91 Å². The van der Waals surface area contributed by atoms with E-state index in [2.05, 4.69) is 10.3 Å². The first kappa shape index (κ1) is 18.9. The Hall–Kier alpha value is -1.89. The first-order chi connectivity index (χ1) is 12.3. The lowest BCUT2D eigenvalue weighted by Gasteiger charge is -2.31. The second-order valence-corrected chi connectivity index (χ2v) is 7.72. The molecule has 0 aliphatic heterocycles. The molecule has 0 bridgehead atoms. The molecular weight excluding hydrogens is 361 g/mol. The number of hydrogen-bond acceptors (Lipinski definition) is 3. The second-order valence-electron chi connectivity index (χ2n) is 6.86. The average molecular weight is 382 g/mol. The Morgan fingerprint density at radius 2 is 2.15 bits per heavy atom. The summed E-state index contributed by atoms with van der Waals surface area (Å²) in [5, 5.41) is 5.42. The fourth-order valence-electron chi connectivity index (χ4n) is 3.36. The highest BCUT2D eigenvalue weighted by Crippen LogP contribution is 2.37. The minimum absolute atomic E-state index is 0.0269. The number of nitrogens with zero attached hydrogens (tertiary/aromatic N) is 1. The molecule has 2 atom stereocenters. The number of alkyl halides is 3. The van der Waals surface area contributed by atoms with Crippen LogP contribution in [0, 0.1) is 12.8 Å². The maximum atomic E-state index is 12.9. The monoisotopic (exact) mass is 382 g/mol. The first-order valence-electron chi connectivity index (χ1n) is 8.69. The number of carbonyl (C=O) groups is 1. The van der Waals surface area contributed by atoms with Crippen molar-refractivity contribution < 1.29 is 18.0 Å². The number of carbonyl (C=O) groups excluding carboxylic acids is 1. The molecule has 1 aromatic heterocycles. The summed E-state index contributed by atoms with van der Waals surface area (Å²) in [6, 6.07) is 7.55. The SMILES string of the molecule is Cc1cccc(-c2nc(CC(=O)NC3CCCC(C(F)(F)F)C3)cs2)c1. The summed E-state index contributed by atoms with van der Waals surface area (Å²) in [6.45, 7) is 2.00. The number of aromatic nitrogens is 1. The van der Waals surface area contributed by atoms with E-state index in [0.29, 0.717) is 18.5 Å².